The summed E-state index contributed by atoms with van der Waals surface area (Å²) in [6.45, 7) is 1.48. The summed E-state index contributed by atoms with van der Waals surface area (Å²) in [5.74, 6) is -0.809. The highest BCUT2D eigenvalue weighted by Gasteiger charge is 2.36. The van der Waals surface area contributed by atoms with Gasteiger partial charge in [0.15, 0.2) is 0 Å². The van der Waals surface area contributed by atoms with Crippen molar-refractivity contribution in [2.24, 2.45) is 5.92 Å². The maximum absolute atomic E-state index is 12.1. The molecule has 1 unspecified atom stereocenters. The van der Waals surface area contributed by atoms with Crippen LogP contribution in [0.15, 0.2) is 0 Å². The second-order valence-corrected chi connectivity index (χ2v) is 4.47. The summed E-state index contributed by atoms with van der Waals surface area (Å²) in [5, 5.41) is 8.65. The summed E-state index contributed by atoms with van der Waals surface area (Å²) in [6, 6.07) is 0.285. The molecule has 0 spiro atoms. The van der Waals surface area contributed by atoms with Crippen molar-refractivity contribution < 1.29 is 19.4 Å². The van der Waals surface area contributed by atoms with Gasteiger partial charge in [-0.25, -0.2) is 0 Å². The smallest absolute Gasteiger partial charge is 0.305 e. The Balaban J connectivity index is 1.89. The predicted molar refractivity (Wildman–Crippen MR) is 55.9 cm³/mol. The molecular weight excluding hydrogens is 210 g/mol. The van der Waals surface area contributed by atoms with Gasteiger partial charge in [-0.3, -0.25) is 9.59 Å². The zero-order chi connectivity index (χ0) is 11.5. The molecular formula is C11H17NO4. The van der Waals surface area contributed by atoms with Crippen LogP contribution in [0, 0.1) is 5.92 Å². The molecule has 5 heteroatoms. The van der Waals surface area contributed by atoms with Crippen LogP contribution < -0.4 is 0 Å². The van der Waals surface area contributed by atoms with E-state index in [9.17, 15) is 9.59 Å². The number of carboxylic acids is 1. The number of nitrogens with zero attached hydrogens (tertiary/aromatic N) is 1. The number of aliphatic carboxylic acids is 1. The van der Waals surface area contributed by atoms with Gasteiger partial charge in [0, 0.05) is 19.2 Å². The SMILES string of the molecule is O=C(O)CCN(C(=O)C1CCOC1)C1CC1. The fourth-order valence-corrected chi connectivity index (χ4v) is 2.04. The molecule has 0 bridgehead atoms. The van der Waals surface area contributed by atoms with Gasteiger partial charge < -0.3 is 14.7 Å². The molecule has 1 aliphatic carbocycles. The number of ether oxygens (including phenoxy) is 1. The summed E-state index contributed by atoms with van der Waals surface area (Å²) < 4.78 is 5.19. The summed E-state index contributed by atoms with van der Waals surface area (Å²) in [4.78, 5) is 24.4. The summed E-state index contributed by atoms with van der Waals surface area (Å²) >= 11 is 0. The molecule has 1 N–H and O–H groups in total. The summed E-state index contributed by atoms with van der Waals surface area (Å²) in [6.07, 6.45) is 2.84. The van der Waals surface area contributed by atoms with Crippen molar-refractivity contribution in [1.82, 2.24) is 4.90 Å². The molecule has 5 nitrogen and oxygen atoms in total. The van der Waals surface area contributed by atoms with Crippen molar-refractivity contribution >= 4 is 11.9 Å². The summed E-state index contributed by atoms with van der Waals surface area (Å²) in [5.41, 5.74) is 0. The second kappa shape index (κ2) is 4.82. The van der Waals surface area contributed by atoms with E-state index in [1.807, 2.05) is 0 Å². The zero-order valence-corrected chi connectivity index (χ0v) is 9.22. The molecule has 2 rings (SSSR count). The van der Waals surface area contributed by atoms with Gasteiger partial charge in [-0.1, -0.05) is 0 Å². The largest absolute Gasteiger partial charge is 0.481 e. The first kappa shape index (κ1) is 11.4. The van der Waals surface area contributed by atoms with E-state index in [-0.39, 0.29) is 24.3 Å². The van der Waals surface area contributed by atoms with Gasteiger partial charge in [-0.2, -0.15) is 0 Å². The summed E-state index contributed by atoms with van der Waals surface area (Å²) in [7, 11) is 0. The molecule has 1 amide bonds. The normalized spacial score (nSPS) is 24.4. The van der Waals surface area contributed by atoms with Crippen LogP contribution in [0.25, 0.3) is 0 Å². The van der Waals surface area contributed by atoms with Crippen molar-refractivity contribution in [2.45, 2.75) is 31.7 Å². The Labute approximate surface area is 94.4 Å². The van der Waals surface area contributed by atoms with Crippen LogP contribution in [0.4, 0.5) is 0 Å². The fraction of sp³-hybridized carbons (Fsp3) is 0.818. The van der Waals surface area contributed by atoms with Crippen LogP contribution in [0.2, 0.25) is 0 Å². The van der Waals surface area contributed by atoms with Crippen molar-refractivity contribution in [3.8, 4) is 0 Å². The molecule has 2 fully saturated rings. The number of amides is 1. The molecule has 1 saturated carbocycles. The monoisotopic (exact) mass is 227 g/mol. The highest BCUT2D eigenvalue weighted by Crippen LogP contribution is 2.29. The third-order valence-corrected chi connectivity index (χ3v) is 3.12. The lowest BCUT2D eigenvalue weighted by Crippen LogP contribution is -2.39. The van der Waals surface area contributed by atoms with Gasteiger partial charge in [0.1, 0.15) is 0 Å². The Bertz CT molecular complexity index is 282. The quantitative estimate of drug-likeness (QED) is 0.742. The zero-order valence-electron chi connectivity index (χ0n) is 9.22. The molecule has 1 aliphatic heterocycles. The molecule has 2 aliphatic rings. The fourth-order valence-electron chi connectivity index (χ4n) is 2.04. The molecule has 1 atom stereocenters. The van der Waals surface area contributed by atoms with E-state index >= 15 is 0 Å². The Hall–Kier alpha value is -1.10. The molecule has 0 radical (unpaired) electrons. The molecule has 0 aromatic rings. The Morgan fingerprint density at radius 3 is 2.56 bits per heavy atom. The highest BCUT2D eigenvalue weighted by atomic mass is 16.5. The van der Waals surface area contributed by atoms with Gasteiger partial charge in [0.05, 0.1) is 18.9 Å². The van der Waals surface area contributed by atoms with Gasteiger partial charge in [0.2, 0.25) is 5.91 Å². The first-order valence-corrected chi connectivity index (χ1v) is 5.78. The van der Waals surface area contributed by atoms with E-state index in [0.29, 0.717) is 19.8 Å². The lowest BCUT2D eigenvalue weighted by molar-refractivity contribution is -0.140. The molecule has 0 aromatic heterocycles. The Morgan fingerprint density at radius 1 is 1.31 bits per heavy atom. The first-order valence-electron chi connectivity index (χ1n) is 5.78. The van der Waals surface area contributed by atoms with Crippen molar-refractivity contribution in [3.63, 3.8) is 0 Å². The van der Waals surface area contributed by atoms with E-state index in [2.05, 4.69) is 0 Å². The average Bonchev–Trinajstić information content (AvgIpc) is 2.93. The van der Waals surface area contributed by atoms with Crippen molar-refractivity contribution in [3.05, 3.63) is 0 Å². The van der Waals surface area contributed by atoms with E-state index < -0.39 is 5.97 Å². The standard InChI is InChI=1S/C11H17NO4/c13-10(14)3-5-12(9-1-2-9)11(15)8-4-6-16-7-8/h8-9H,1-7H2,(H,13,14). The van der Waals surface area contributed by atoms with Gasteiger partial charge in [0.25, 0.3) is 0 Å². The number of hydrogen-bond donors (Lipinski definition) is 1. The van der Waals surface area contributed by atoms with E-state index in [1.165, 1.54) is 0 Å². The minimum absolute atomic E-state index is 0.0375. The lowest BCUT2D eigenvalue weighted by Gasteiger charge is -2.24. The minimum atomic E-state index is -0.846. The van der Waals surface area contributed by atoms with E-state index in [4.69, 9.17) is 9.84 Å². The average molecular weight is 227 g/mol. The van der Waals surface area contributed by atoms with Crippen molar-refractivity contribution in [1.29, 1.82) is 0 Å². The van der Waals surface area contributed by atoms with Gasteiger partial charge in [-0.15, -0.1) is 0 Å². The molecule has 1 saturated heterocycles. The number of carbonyl (C=O) groups is 2. The maximum Gasteiger partial charge on any atom is 0.305 e. The highest BCUT2D eigenvalue weighted by molar-refractivity contribution is 5.80. The van der Waals surface area contributed by atoms with Crippen LogP contribution >= 0.6 is 0 Å². The minimum Gasteiger partial charge on any atom is -0.481 e. The second-order valence-electron chi connectivity index (χ2n) is 4.47. The van der Waals surface area contributed by atoms with Crippen molar-refractivity contribution in [2.75, 3.05) is 19.8 Å². The van der Waals surface area contributed by atoms with E-state index in [0.717, 1.165) is 19.3 Å². The van der Waals surface area contributed by atoms with Crippen LogP contribution in [0.5, 0.6) is 0 Å². The van der Waals surface area contributed by atoms with Crippen LogP contribution in [0.1, 0.15) is 25.7 Å². The topological polar surface area (TPSA) is 66.8 Å². The molecule has 1 heterocycles. The van der Waals surface area contributed by atoms with Crippen LogP contribution in [-0.2, 0) is 14.3 Å². The molecule has 0 aromatic carbocycles. The molecule has 16 heavy (non-hydrogen) atoms. The van der Waals surface area contributed by atoms with Crippen LogP contribution in [-0.4, -0.2) is 47.7 Å². The van der Waals surface area contributed by atoms with E-state index in [1.54, 1.807) is 4.90 Å². The number of carbonyl (C=O) groups excluding carboxylic acids is 1. The molecule has 90 valence electrons. The number of carboxylic acid groups (broad SMARTS) is 1. The lowest BCUT2D eigenvalue weighted by atomic mass is 10.1. The van der Waals surface area contributed by atoms with Gasteiger partial charge >= 0.3 is 5.97 Å². The number of hydrogen-bond acceptors (Lipinski definition) is 3. The maximum atomic E-state index is 12.1. The number of rotatable bonds is 5. The van der Waals surface area contributed by atoms with Gasteiger partial charge in [-0.05, 0) is 19.3 Å². The third kappa shape index (κ3) is 2.72. The first-order chi connectivity index (χ1) is 7.68. The third-order valence-electron chi connectivity index (χ3n) is 3.12. The Morgan fingerprint density at radius 2 is 2.06 bits per heavy atom. The Kier molecular flexibility index (Phi) is 3.43. The van der Waals surface area contributed by atoms with Crippen LogP contribution in [0.3, 0.4) is 0 Å². The predicted octanol–water partition coefficient (Wildman–Crippen LogP) is 0.489.